The summed E-state index contributed by atoms with van der Waals surface area (Å²) in [7, 11) is -1.04. The Labute approximate surface area is 155 Å². The van der Waals surface area contributed by atoms with E-state index in [1.165, 1.54) is 16.7 Å². The molecule has 1 aliphatic carbocycles. The molecular formula is C20H27N3O2S. The van der Waals surface area contributed by atoms with Crippen LogP contribution in [-0.2, 0) is 23.4 Å². The minimum Gasteiger partial charge on any atom is -0.298 e. The maximum atomic E-state index is 12.7. The van der Waals surface area contributed by atoms with Crippen molar-refractivity contribution in [2.24, 2.45) is 7.05 Å². The third-order valence-electron chi connectivity index (χ3n) is 6.16. The normalized spacial score (nSPS) is 22.1. The Morgan fingerprint density at radius 3 is 2.65 bits per heavy atom. The van der Waals surface area contributed by atoms with Crippen molar-refractivity contribution in [1.82, 2.24) is 14.7 Å². The van der Waals surface area contributed by atoms with Gasteiger partial charge in [-0.2, -0.15) is 5.10 Å². The quantitative estimate of drug-likeness (QED) is 0.830. The van der Waals surface area contributed by atoms with E-state index in [0.717, 1.165) is 44.3 Å². The van der Waals surface area contributed by atoms with Crippen LogP contribution in [-0.4, -0.2) is 46.7 Å². The monoisotopic (exact) mass is 373 g/mol. The number of hydrogen-bond acceptors (Lipinski definition) is 4. The summed E-state index contributed by atoms with van der Waals surface area (Å²) in [5.74, 6) is 0.293. The molecule has 1 aromatic carbocycles. The number of rotatable bonds is 3. The van der Waals surface area contributed by atoms with Crippen LogP contribution in [0.25, 0.3) is 11.1 Å². The zero-order valence-corrected chi connectivity index (χ0v) is 16.4. The molecule has 2 aromatic rings. The Bertz CT molecular complexity index is 913. The lowest BCUT2D eigenvalue weighted by Gasteiger charge is -2.40. The highest BCUT2D eigenvalue weighted by atomic mass is 32.2. The molecular weight excluding hydrogens is 346 g/mol. The first-order valence-corrected chi connectivity index (χ1v) is 11.1. The summed E-state index contributed by atoms with van der Waals surface area (Å²) >= 11 is 0. The molecule has 1 saturated heterocycles. The Hall–Kier alpha value is -1.66. The van der Waals surface area contributed by atoms with Crippen LogP contribution in [0.5, 0.6) is 0 Å². The maximum absolute atomic E-state index is 12.7. The summed E-state index contributed by atoms with van der Waals surface area (Å²) in [6.45, 7) is 4.38. The van der Waals surface area contributed by atoms with Crippen LogP contribution in [0.1, 0.15) is 36.8 Å². The van der Waals surface area contributed by atoms with Gasteiger partial charge in [-0.3, -0.25) is 9.58 Å². The lowest BCUT2D eigenvalue weighted by molar-refractivity contribution is 0.243. The van der Waals surface area contributed by atoms with Crippen molar-refractivity contribution in [1.29, 1.82) is 0 Å². The molecule has 140 valence electrons. The van der Waals surface area contributed by atoms with Gasteiger partial charge in [0.15, 0.2) is 9.84 Å². The molecule has 0 unspecified atom stereocenters. The molecule has 1 spiro atoms. The van der Waals surface area contributed by atoms with E-state index in [1.54, 1.807) is 0 Å². The molecule has 1 aliphatic heterocycles. The molecule has 26 heavy (non-hydrogen) atoms. The van der Waals surface area contributed by atoms with Crippen LogP contribution >= 0.6 is 0 Å². The molecule has 0 radical (unpaired) electrons. The van der Waals surface area contributed by atoms with Crippen LogP contribution in [0.4, 0.5) is 0 Å². The Kier molecular flexibility index (Phi) is 4.43. The molecule has 2 aliphatic rings. The number of hydrogen-bond donors (Lipinski definition) is 0. The van der Waals surface area contributed by atoms with Gasteiger partial charge >= 0.3 is 0 Å². The van der Waals surface area contributed by atoms with Crippen molar-refractivity contribution >= 4 is 9.84 Å². The van der Waals surface area contributed by atoms with E-state index >= 15 is 0 Å². The van der Waals surface area contributed by atoms with Gasteiger partial charge in [-0.1, -0.05) is 30.2 Å². The highest BCUT2D eigenvalue weighted by Gasteiger charge is 2.49. The second kappa shape index (κ2) is 6.50. The average Bonchev–Trinajstić information content (AvgIpc) is 2.92. The van der Waals surface area contributed by atoms with Crippen molar-refractivity contribution < 1.29 is 8.42 Å². The number of nitrogens with zero attached hydrogens (tertiary/aromatic N) is 3. The topological polar surface area (TPSA) is 55.2 Å². The molecule has 0 atom stereocenters. The predicted octanol–water partition coefficient (Wildman–Crippen LogP) is 2.94. The van der Waals surface area contributed by atoms with Gasteiger partial charge in [0.2, 0.25) is 0 Å². The number of aryl methyl sites for hydroxylation is 2. The second-order valence-electron chi connectivity index (χ2n) is 7.94. The lowest BCUT2D eigenvalue weighted by Crippen LogP contribution is -2.46. The van der Waals surface area contributed by atoms with E-state index in [4.69, 9.17) is 0 Å². The fourth-order valence-electron chi connectivity index (χ4n) is 4.28. The molecule has 0 N–H and O–H groups in total. The van der Waals surface area contributed by atoms with E-state index in [0.29, 0.717) is 12.3 Å². The Balaban J connectivity index is 1.58. The van der Waals surface area contributed by atoms with Gasteiger partial charge in [-0.15, -0.1) is 0 Å². The highest BCUT2D eigenvalue weighted by molar-refractivity contribution is 7.92. The first kappa shape index (κ1) is 17.7. The van der Waals surface area contributed by atoms with E-state index in [1.807, 2.05) is 24.1 Å². The summed E-state index contributed by atoms with van der Waals surface area (Å²) < 4.78 is 26.8. The molecule has 6 heteroatoms. The van der Waals surface area contributed by atoms with Gasteiger partial charge in [-0.25, -0.2) is 8.42 Å². The Morgan fingerprint density at radius 1 is 1.19 bits per heavy atom. The molecule has 0 bridgehead atoms. The lowest BCUT2D eigenvalue weighted by atomic mass is 9.81. The largest absolute Gasteiger partial charge is 0.298 e. The third-order valence-corrected chi connectivity index (χ3v) is 8.81. The molecule has 1 saturated carbocycles. The fraction of sp³-hybridized carbons (Fsp3) is 0.550. The van der Waals surface area contributed by atoms with Gasteiger partial charge in [0.05, 0.1) is 16.7 Å². The summed E-state index contributed by atoms with van der Waals surface area (Å²) in [5.41, 5.74) is 4.78. The molecule has 5 nitrogen and oxygen atoms in total. The van der Waals surface area contributed by atoms with Gasteiger partial charge < -0.3 is 0 Å². The third kappa shape index (κ3) is 3.09. The SMILES string of the molecule is Cc1ccc(CN2CCC3(CCC3)S(=O)(=O)CC2)c(-c2cnn(C)c2)c1. The van der Waals surface area contributed by atoms with E-state index in [2.05, 4.69) is 35.1 Å². The molecule has 1 aromatic heterocycles. The van der Waals surface area contributed by atoms with Crippen molar-refractivity contribution in [3.63, 3.8) is 0 Å². The fourth-order valence-corrected chi connectivity index (χ4v) is 6.53. The molecule has 2 heterocycles. The van der Waals surface area contributed by atoms with Crippen molar-refractivity contribution in [2.75, 3.05) is 18.8 Å². The number of sulfone groups is 1. The van der Waals surface area contributed by atoms with E-state index in [-0.39, 0.29) is 0 Å². The van der Waals surface area contributed by atoms with Crippen LogP contribution in [0.3, 0.4) is 0 Å². The minimum absolute atomic E-state index is 0.293. The van der Waals surface area contributed by atoms with Crippen LogP contribution < -0.4 is 0 Å². The minimum atomic E-state index is -2.97. The molecule has 2 fully saturated rings. The van der Waals surface area contributed by atoms with Gasteiger partial charge in [0.1, 0.15) is 0 Å². The number of benzene rings is 1. The van der Waals surface area contributed by atoms with Crippen LogP contribution in [0.2, 0.25) is 0 Å². The first-order valence-electron chi connectivity index (χ1n) is 9.42. The maximum Gasteiger partial charge on any atom is 0.157 e. The second-order valence-corrected chi connectivity index (χ2v) is 10.4. The van der Waals surface area contributed by atoms with E-state index < -0.39 is 14.6 Å². The average molecular weight is 374 g/mol. The zero-order valence-electron chi connectivity index (χ0n) is 15.6. The molecule has 4 rings (SSSR count). The predicted molar refractivity (Wildman–Crippen MR) is 104 cm³/mol. The Morgan fingerprint density at radius 2 is 2.00 bits per heavy atom. The smallest absolute Gasteiger partial charge is 0.157 e. The molecule has 0 amide bonds. The van der Waals surface area contributed by atoms with Gasteiger partial charge in [0.25, 0.3) is 0 Å². The van der Waals surface area contributed by atoms with Crippen LogP contribution in [0, 0.1) is 6.92 Å². The van der Waals surface area contributed by atoms with Crippen LogP contribution in [0.15, 0.2) is 30.6 Å². The number of aromatic nitrogens is 2. The van der Waals surface area contributed by atoms with Gasteiger partial charge in [0, 0.05) is 38.4 Å². The highest BCUT2D eigenvalue weighted by Crippen LogP contribution is 2.44. The summed E-state index contributed by atoms with van der Waals surface area (Å²) in [6, 6.07) is 6.52. The van der Waals surface area contributed by atoms with E-state index in [9.17, 15) is 8.42 Å². The summed E-state index contributed by atoms with van der Waals surface area (Å²) in [6.07, 6.45) is 7.48. The standard InChI is InChI=1S/C20H27N3O2S/c1-16-4-5-17(19(12-16)18-13-21-22(2)14-18)15-23-9-8-20(6-3-7-20)26(24,25)11-10-23/h4-5,12-14H,3,6-11,15H2,1-2H3. The zero-order chi connectivity index (χ0) is 18.4. The summed E-state index contributed by atoms with van der Waals surface area (Å²) in [4.78, 5) is 2.31. The van der Waals surface area contributed by atoms with Gasteiger partial charge in [-0.05, 0) is 37.3 Å². The van der Waals surface area contributed by atoms with Crippen molar-refractivity contribution in [3.8, 4) is 11.1 Å². The van der Waals surface area contributed by atoms with Crippen molar-refractivity contribution in [2.45, 2.75) is 43.9 Å². The first-order chi connectivity index (χ1) is 12.4. The summed E-state index contributed by atoms with van der Waals surface area (Å²) in [5, 5.41) is 4.31. The van der Waals surface area contributed by atoms with Crippen molar-refractivity contribution in [3.05, 3.63) is 41.7 Å².